The zero-order valence-electron chi connectivity index (χ0n) is 14.1. The summed E-state index contributed by atoms with van der Waals surface area (Å²) in [6.07, 6.45) is 2.03. The van der Waals surface area contributed by atoms with Crippen LogP contribution in [0.4, 0.5) is 0 Å². The van der Waals surface area contributed by atoms with Crippen molar-refractivity contribution in [3.05, 3.63) is 65.0 Å². The first-order valence-electron chi connectivity index (χ1n) is 8.37. The first-order valence-corrected chi connectivity index (χ1v) is 8.37. The number of rotatable bonds is 4. The number of nitrogens with zero attached hydrogens (tertiary/aromatic N) is 3. The number of nitriles is 1. The predicted octanol–water partition coefficient (Wildman–Crippen LogP) is 3.14. The number of ketones is 1. The van der Waals surface area contributed by atoms with Crippen molar-refractivity contribution in [3.8, 4) is 6.07 Å². The van der Waals surface area contributed by atoms with Gasteiger partial charge < -0.3 is 4.90 Å². The van der Waals surface area contributed by atoms with Crippen molar-refractivity contribution < 1.29 is 9.59 Å². The molecule has 0 N–H and O–H groups in total. The highest BCUT2D eigenvalue weighted by Gasteiger charge is 2.31. The van der Waals surface area contributed by atoms with Gasteiger partial charge in [-0.05, 0) is 31.9 Å². The Morgan fingerprint density at radius 2 is 2.00 bits per heavy atom. The molecule has 0 aliphatic carbocycles. The summed E-state index contributed by atoms with van der Waals surface area (Å²) in [5.74, 6) is -0.120. The van der Waals surface area contributed by atoms with Crippen LogP contribution in [0.1, 0.15) is 51.4 Å². The van der Waals surface area contributed by atoms with Crippen LogP contribution >= 0.6 is 0 Å². The van der Waals surface area contributed by atoms with Gasteiger partial charge in [-0.15, -0.1) is 0 Å². The Morgan fingerprint density at radius 1 is 1.24 bits per heavy atom. The maximum Gasteiger partial charge on any atom is 0.272 e. The Morgan fingerprint density at radius 3 is 2.68 bits per heavy atom. The second-order valence-corrected chi connectivity index (χ2v) is 6.23. The van der Waals surface area contributed by atoms with E-state index in [1.54, 1.807) is 36.1 Å². The van der Waals surface area contributed by atoms with Crippen molar-refractivity contribution in [2.45, 2.75) is 32.2 Å². The average molecular weight is 333 g/mol. The van der Waals surface area contributed by atoms with Gasteiger partial charge >= 0.3 is 0 Å². The summed E-state index contributed by atoms with van der Waals surface area (Å²) in [5, 5.41) is 8.99. The molecule has 1 saturated heterocycles. The molecule has 1 atom stereocenters. The normalized spacial score (nSPS) is 16.5. The molecular formula is C20H19N3O2. The maximum atomic E-state index is 12.8. The molecule has 1 aromatic heterocycles. The SMILES string of the molecule is Cc1nc(C(=O)N2CCC[C@H]2CC(=O)c2ccccc2)ccc1C#N. The van der Waals surface area contributed by atoms with Crippen LogP contribution in [0.2, 0.25) is 0 Å². The van der Waals surface area contributed by atoms with Crippen molar-refractivity contribution in [3.63, 3.8) is 0 Å². The van der Waals surface area contributed by atoms with Crippen LogP contribution in [0, 0.1) is 18.3 Å². The minimum Gasteiger partial charge on any atom is -0.334 e. The summed E-state index contributed by atoms with van der Waals surface area (Å²) >= 11 is 0. The lowest BCUT2D eigenvalue weighted by Crippen LogP contribution is -2.37. The number of likely N-dealkylation sites (tertiary alicyclic amines) is 1. The van der Waals surface area contributed by atoms with Crippen LogP contribution in [-0.4, -0.2) is 34.2 Å². The van der Waals surface area contributed by atoms with Gasteiger partial charge in [-0.2, -0.15) is 5.26 Å². The highest BCUT2D eigenvalue weighted by atomic mass is 16.2. The Labute approximate surface area is 146 Å². The summed E-state index contributed by atoms with van der Waals surface area (Å²) in [6, 6.07) is 14.3. The number of benzene rings is 1. The maximum absolute atomic E-state index is 12.8. The highest BCUT2D eigenvalue weighted by molar-refractivity contribution is 5.97. The highest BCUT2D eigenvalue weighted by Crippen LogP contribution is 2.24. The van der Waals surface area contributed by atoms with Gasteiger partial charge in [0.2, 0.25) is 0 Å². The Hall–Kier alpha value is -3.00. The molecule has 1 aliphatic rings. The number of amides is 1. The molecule has 2 aromatic rings. The third kappa shape index (κ3) is 3.58. The van der Waals surface area contributed by atoms with E-state index in [1.165, 1.54) is 0 Å². The Bertz CT molecular complexity index is 840. The third-order valence-corrected chi connectivity index (χ3v) is 4.58. The molecule has 5 heteroatoms. The second kappa shape index (κ2) is 7.27. The number of Topliss-reactive ketones (excluding diaryl/α,β-unsaturated/α-hetero) is 1. The predicted molar refractivity (Wildman–Crippen MR) is 93.1 cm³/mol. The monoisotopic (exact) mass is 333 g/mol. The van der Waals surface area contributed by atoms with Crippen molar-refractivity contribution in [1.29, 1.82) is 5.26 Å². The number of carbonyl (C=O) groups is 2. The van der Waals surface area contributed by atoms with Gasteiger partial charge in [0, 0.05) is 24.6 Å². The lowest BCUT2D eigenvalue weighted by Gasteiger charge is -2.24. The van der Waals surface area contributed by atoms with Crippen LogP contribution in [0.25, 0.3) is 0 Å². The topological polar surface area (TPSA) is 74.1 Å². The lowest BCUT2D eigenvalue weighted by atomic mass is 10.0. The quantitative estimate of drug-likeness (QED) is 0.806. The first-order chi connectivity index (χ1) is 12.1. The van der Waals surface area contributed by atoms with E-state index in [0.29, 0.717) is 35.5 Å². The summed E-state index contributed by atoms with van der Waals surface area (Å²) in [4.78, 5) is 31.3. The van der Waals surface area contributed by atoms with Gasteiger partial charge in [-0.3, -0.25) is 9.59 Å². The van der Waals surface area contributed by atoms with Crippen LogP contribution in [-0.2, 0) is 0 Å². The first kappa shape index (κ1) is 16.8. The third-order valence-electron chi connectivity index (χ3n) is 4.58. The molecule has 0 unspecified atom stereocenters. The van der Waals surface area contributed by atoms with E-state index in [-0.39, 0.29) is 17.7 Å². The number of pyridine rings is 1. The summed E-state index contributed by atoms with van der Waals surface area (Å²) in [6.45, 7) is 2.35. The molecule has 126 valence electrons. The van der Waals surface area contributed by atoms with Crippen LogP contribution in [0.15, 0.2) is 42.5 Å². The molecule has 0 saturated carbocycles. The Balaban J connectivity index is 1.75. The molecule has 1 fully saturated rings. The fourth-order valence-corrected chi connectivity index (χ4v) is 3.22. The molecule has 0 bridgehead atoms. The second-order valence-electron chi connectivity index (χ2n) is 6.23. The fraction of sp³-hybridized carbons (Fsp3) is 0.300. The van der Waals surface area contributed by atoms with Gasteiger partial charge in [0.25, 0.3) is 5.91 Å². The molecule has 2 heterocycles. The van der Waals surface area contributed by atoms with E-state index < -0.39 is 0 Å². The van der Waals surface area contributed by atoms with Crippen LogP contribution < -0.4 is 0 Å². The minimum absolute atomic E-state index is 0.0502. The molecule has 25 heavy (non-hydrogen) atoms. The lowest BCUT2D eigenvalue weighted by molar-refractivity contribution is 0.0711. The molecule has 3 rings (SSSR count). The summed E-state index contributed by atoms with van der Waals surface area (Å²) in [7, 11) is 0. The minimum atomic E-state index is -0.170. The molecule has 0 radical (unpaired) electrons. The molecular weight excluding hydrogens is 314 g/mol. The fourth-order valence-electron chi connectivity index (χ4n) is 3.22. The van der Waals surface area contributed by atoms with Crippen molar-refractivity contribution >= 4 is 11.7 Å². The standard InChI is InChI=1S/C20H19N3O2/c1-14-16(13-21)9-10-18(22-14)20(25)23-11-5-8-17(23)12-19(24)15-6-3-2-4-7-15/h2-4,6-7,9-10,17H,5,8,11-12H2,1H3/t17-/m0/s1. The number of carbonyl (C=O) groups excluding carboxylic acids is 2. The van der Waals surface area contributed by atoms with Gasteiger partial charge in [-0.1, -0.05) is 30.3 Å². The van der Waals surface area contributed by atoms with E-state index in [1.807, 2.05) is 18.2 Å². The summed E-state index contributed by atoms with van der Waals surface area (Å²) < 4.78 is 0. The van der Waals surface area contributed by atoms with Crippen LogP contribution in [0.3, 0.4) is 0 Å². The summed E-state index contributed by atoms with van der Waals surface area (Å²) in [5.41, 5.74) is 2.02. The Kier molecular flexibility index (Phi) is 4.90. The van der Waals surface area contributed by atoms with Gasteiger partial charge in [0.1, 0.15) is 11.8 Å². The molecule has 1 aromatic carbocycles. The van der Waals surface area contributed by atoms with Gasteiger partial charge in [-0.25, -0.2) is 4.98 Å². The number of hydrogen-bond donors (Lipinski definition) is 0. The van der Waals surface area contributed by atoms with Gasteiger partial charge in [0.15, 0.2) is 5.78 Å². The zero-order chi connectivity index (χ0) is 17.8. The number of hydrogen-bond acceptors (Lipinski definition) is 4. The van der Waals surface area contributed by atoms with Crippen molar-refractivity contribution in [2.75, 3.05) is 6.54 Å². The molecule has 0 spiro atoms. The molecule has 5 nitrogen and oxygen atoms in total. The number of aromatic nitrogens is 1. The van der Waals surface area contributed by atoms with Crippen LogP contribution in [0.5, 0.6) is 0 Å². The zero-order valence-corrected chi connectivity index (χ0v) is 14.1. The van der Waals surface area contributed by atoms with E-state index in [9.17, 15) is 9.59 Å². The molecule has 1 aliphatic heterocycles. The van der Waals surface area contributed by atoms with Gasteiger partial charge in [0.05, 0.1) is 11.3 Å². The van der Waals surface area contributed by atoms with E-state index in [2.05, 4.69) is 11.1 Å². The number of aryl methyl sites for hydroxylation is 1. The largest absolute Gasteiger partial charge is 0.334 e. The van der Waals surface area contributed by atoms with E-state index in [0.717, 1.165) is 12.8 Å². The van der Waals surface area contributed by atoms with E-state index in [4.69, 9.17) is 5.26 Å². The smallest absolute Gasteiger partial charge is 0.272 e. The average Bonchev–Trinajstić information content (AvgIpc) is 3.09. The van der Waals surface area contributed by atoms with E-state index >= 15 is 0 Å². The molecule has 1 amide bonds. The van der Waals surface area contributed by atoms with Crippen molar-refractivity contribution in [1.82, 2.24) is 9.88 Å². The van der Waals surface area contributed by atoms with Crippen molar-refractivity contribution in [2.24, 2.45) is 0 Å².